The summed E-state index contributed by atoms with van der Waals surface area (Å²) >= 11 is 0. The molecule has 3 aromatic rings. The molecule has 0 saturated carbocycles. The van der Waals surface area contributed by atoms with E-state index in [0.29, 0.717) is 28.6 Å². The second kappa shape index (κ2) is 6.09. The Bertz CT molecular complexity index is 1020. The highest BCUT2D eigenvalue weighted by molar-refractivity contribution is 6.00. The number of carbonyl (C=O) groups is 1. The number of aromatic carboxylic acids is 1. The minimum Gasteiger partial charge on any atom is -0.507 e. The summed E-state index contributed by atoms with van der Waals surface area (Å²) in [6, 6.07) is 7.70. The van der Waals surface area contributed by atoms with E-state index in [1.54, 1.807) is 17.7 Å². The molecule has 136 valence electrons. The number of carboxylic acids is 1. The first-order valence-corrected chi connectivity index (χ1v) is 7.90. The normalized spacial score (nSPS) is 11.9. The monoisotopic (exact) mass is 363 g/mol. The van der Waals surface area contributed by atoms with Crippen molar-refractivity contribution in [3.8, 4) is 17.0 Å². The Kier molecular flexibility index (Phi) is 4.18. The molecule has 4 nitrogen and oxygen atoms in total. The van der Waals surface area contributed by atoms with E-state index in [2.05, 4.69) is 0 Å². The summed E-state index contributed by atoms with van der Waals surface area (Å²) in [5.41, 5.74) is 1.23. The molecular formula is C19H16F3NO3. The van der Waals surface area contributed by atoms with Gasteiger partial charge in [0.25, 0.3) is 0 Å². The third-order valence-corrected chi connectivity index (χ3v) is 4.47. The van der Waals surface area contributed by atoms with Gasteiger partial charge >= 0.3 is 12.1 Å². The lowest BCUT2D eigenvalue weighted by molar-refractivity contribution is -0.137. The Morgan fingerprint density at radius 1 is 1.19 bits per heavy atom. The first kappa shape index (κ1) is 17.8. The van der Waals surface area contributed by atoms with E-state index in [4.69, 9.17) is 0 Å². The number of benzene rings is 2. The highest BCUT2D eigenvalue weighted by atomic mass is 19.4. The van der Waals surface area contributed by atoms with Crippen molar-refractivity contribution in [1.82, 2.24) is 4.57 Å². The Morgan fingerprint density at radius 2 is 1.88 bits per heavy atom. The van der Waals surface area contributed by atoms with Crippen molar-refractivity contribution in [3.05, 3.63) is 53.1 Å². The van der Waals surface area contributed by atoms with Gasteiger partial charge in [0.1, 0.15) is 11.3 Å². The molecule has 0 fully saturated rings. The minimum atomic E-state index is -4.46. The van der Waals surface area contributed by atoms with Crippen molar-refractivity contribution in [1.29, 1.82) is 0 Å². The van der Waals surface area contributed by atoms with Crippen LogP contribution in [0.1, 0.15) is 28.4 Å². The maximum Gasteiger partial charge on any atom is 0.416 e. The summed E-state index contributed by atoms with van der Waals surface area (Å²) < 4.78 is 40.9. The number of alkyl halides is 3. The number of phenols is 1. The average molecular weight is 363 g/mol. The molecule has 0 aliphatic rings. The van der Waals surface area contributed by atoms with Crippen LogP contribution in [-0.4, -0.2) is 20.7 Å². The molecule has 0 aliphatic heterocycles. The number of rotatable bonds is 3. The Hall–Kier alpha value is -2.96. The van der Waals surface area contributed by atoms with Gasteiger partial charge in [-0.25, -0.2) is 4.79 Å². The molecule has 26 heavy (non-hydrogen) atoms. The number of aromatic nitrogens is 1. The molecule has 0 spiro atoms. The zero-order chi connectivity index (χ0) is 19.2. The summed E-state index contributed by atoms with van der Waals surface area (Å²) in [7, 11) is 1.68. The molecule has 0 saturated heterocycles. The van der Waals surface area contributed by atoms with Gasteiger partial charge in [-0.05, 0) is 35.7 Å². The van der Waals surface area contributed by atoms with Gasteiger partial charge in [-0.2, -0.15) is 13.2 Å². The van der Waals surface area contributed by atoms with E-state index in [0.717, 1.165) is 17.7 Å². The standard InChI is InChI=1S/C19H16F3NO3/c1-3-12-13-8-14(18(25)26)16(24)9-15(13)23(2)17(12)10-5-4-6-11(7-10)19(20,21)22/h4-9,24H,3H2,1-2H3,(H,25,26). The first-order chi connectivity index (χ1) is 12.1. The molecule has 7 heteroatoms. The maximum absolute atomic E-state index is 13.1. The van der Waals surface area contributed by atoms with Crippen LogP contribution < -0.4 is 0 Å². The Morgan fingerprint density at radius 3 is 2.46 bits per heavy atom. The number of aromatic hydroxyl groups is 1. The molecule has 2 aromatic carbocycles. The number of fused-ring (bicyclic) bond motifs is 1. The quantitative estimate of drug-likeness (QED) is 0.701. The van der Waals surface area contributed by atoms with Gasteiger partial charge in [0, 0.05) is 18.5 Å². The van der Waals surface area contributed by atoms with Crippen LogP contribution in [0.25, 0.3) is 22.2 Å². The van der Waals surface area contributed by atoms with Gasteiger partial charge in [0.2, 0.25) is 0 Å². The predicted molar refractivity (Wildman–Crippen MR) is 91.4 cm³/mol. The van der Waals surface area contributed by atoms with Crippen molar-refractivity contribution in [2.24, 2.45) is 7.05 Å². The van der Waals surface area contributed by atoms with Crippen molar-refractivity contribution < 1.29 is 28.2 Å². The van der Waals surface area contributed by atoms with Gasteiger partial charge in [-0.3, -0.25) is 0 Å². The zero-order valence-electron chi connectivity index (χ0n) is 14.1. The van der Waals surface area contributed by atoms with Gasteiger partial charge in [-0.15, -0.1) is 0 Å². The van der Waals surface area contributed by atoms with Crippen LogP contribution >= 0.6 is 0 Å². The van der Waals surface area contributed by atoms with E-state index in [9.17, 15) is 28.2 Å². The zero-order valence-corrected chi connectivity index (χ0v) is 14.1. The van der Waals surface area contributed by atoms with Crippen molar-refractivity contribution >= 4 is 16.9 Å². The molecule has 1 aromatic heterocycles. The molecule has 0 amide bonds. The summed E-state index contributed by atoms with van der Waals surface area (Å²) in [6.07, 6.45) is -3.96. The SMILES string of the molecule is CCc1c(-c2cccc(C(F)(F)F)c2)n(C)c2cc(O)c(C(=O)O)cc12. The van der Waals surface area contributed by atoms with Crippen LogP contribution in [-0.2, 0) is 19.6 Å². The topological polar surface area (TPSA) is 62.5 Å². The first-order valence-electron chi connectivity index (χ1n) is 7.90. The van der Waals surface area contributed by atoms with E-state index in [1.165, 1.54) is 18.2 Å². The number of carboxylic acid groups (broad SMARTS) is 1. The van der Waals surface area contributed by atoms with Crippen molar-refractivity contribution in [3.63, 3.8) is 0 Å². The second-order valence-corrected chi connectivity index (χ2v) is 6.01. The van der Waals surface area contributed by atoms with E-state index < -0.39 is 17.7 Å². The van der Waals surface area contributed by atoms with E-state index >= 15 is 0 Å². The third kappa shape index (κ3) is 2.79. The second-order valence-electron chi connectivity index (χ2n) is 6.01. The number of hydrogen-bond donors (Lipinski definition) is 2. The summed E-state index contributed by atoms with van der Waals surface area (Å²) in [4.78, 5) is 11.3. The van der Waals surface area contributed by atoms with Crippen molar-refractivity contribution in [2.45, 2.75) is 19.5 Å². The number of hydrogen-bond acceptors (Lipinski definition) is 2. The molecule has 0 bridgehead atoms. The van der Waals surface area contributed by atoms with Crippen LogP contribution in [0.3, 0.4) is 0 Å². The van der Waals surface area contributed by atoms with Crippen LogP contribution in [0.15, 0.2) is 36.4 Å². The third-order valence-electron chi connectivity index (χ3n) is 4.47. The van der Waals surface area contributed by atoms with Crippen LogP contribution in [0.5, 0.6) is 5.75 Å². The summed E-state index contributed by atoms with van der Waals surface area (Å²) in [5, 5.41) is 19.8. The molecular weight excluding hydrogens is 347 g/mol. The van der Waals surface area contributed by atoms with E-state index in [-0.39, 0.29) is 11.3 Å². The molecule has 0 unspecified atom stereocenters. The van der Waals surface area contributed by atoms with Gasteiger partial charge < -0.3 is 14.8 Å². The Balaban J connectivity index is 2.34. The molecule has 1 heterocycles. The highest BCUT2D eigenvalue weighted by Crippen LogP contribution is 2.38. The van der Waals surface area contributed by atoms with Crippen LogP contribution in [0.4, 0.5) is 13.2 Å². The molecule has 0 radical (unpaired) electrons. The van der Waals surface area contributed by atoms with Crippen molar-refractivity contribution in [2.75, 3.05) is 0 Å². The van der Waals surface area contributed by atoms with E-state index in [1.807, 2.05) is 6.92 Å². The van der Waals surface area contributed by atoms with Crippen LogP contribution in [0, 0.1) is 0 Å². The van der Waals surface area contributed by atoms with Gasteiger partial charge in [0.05, 0.1) is 16.8 Å². The number of aryl methyl sites for hydroxylation is 2. The fourth-order valence-electron chi connectivity index (χ4n) is 3.29. The Labute approximate surface area is 147 Å². The lowest BCUT2D eigenvalue weighted by atomic mass is 10.0. The molecule has 2 N–H and O–H groups in total. The van der Waals surface area contributed by atoms with Gasteiger partial charge in [-0.1, -0.05) is 19.1 Å². The lowest BCUT2D eigenvalue weighted by Gasteiger charge is -2.11. The minimum absolute atomic E-state index is 0.242. The maximum atomic E-state index is 13.1. The smallest absolute Gasteiger partial charge is 0.416 e. The summed E-state index contributed by atoms with van der Waals surface area (Å²) in [5.74, 6) is -1.65. The molecule has 0 aliphatic carbocycles. The average Bonchev–Trinajstić information content (AvgIpc) is 2.84. The molecule has 0 atom stereocenters. The fraction of sp³-hybridized carbons (Fsp3) is 0.211. The number of halogens is 3. The predicted octanol–water partition coefficient (Wildman–Crippen LogP) is 4.83. The van der Waals surface area contributed by atoms with Gasteiger partial charge in [0.15, 0.2) is 0 Å². The highest BCUT2D eigenvalue weighted by Gasteiger charge is 2.31. The largest absolute Gasteiger partial charge is 0.507 e. The summed E-state index contributed by atoms with van der Waals surface area (Å²) in [6.45, 7) is 1.85. The number of nitrogens with zero attached hydrogens (tertiary/aromatic N) is 1. The fourth-order valence-corrected chi connectivity index (χ4v) is 3.29. The lowest BCUT2D eigenvalue weighted by Crippen LogP contribution is -2.05. The molecule has 3 rings (SSSR count). The van der Waals surface area contributed by atoms with Crippen LogP contribution in [0.2, 0.25) is 0 Å².